The van der Waals surface area contributed by atoms with Crippen LogP contribution in [0.2, 0.25) is 0 Å². The van der Waals surface area contributed by atoms with Gasteiger partial charge < -0.3 is 20.5 Å². The lowest BCUT2D eigenvalue weighted by Gasteiger charge is -2.18. The number of hydrogen-bond acceptors (Lipinski definition) is 6. The van der Waals surface area contributed by atoms with E-state index in [4.69, 9.17) is 15.2 Å². The molecule has 1 aromatic heterocycles. The van der Waals surface area contributed by atoms with Gasteiger partial charge in [0, 0.05) is 23.6 Å². The van der Waals surface area contributed by atoms with Crippen LogP contribution < -0.4 is 20.5 Å². The first kappa shape index (κ1) is 34.6. The number of carbonyl (C=O) groups excluding carboxylic acids is 1. The number of amides is 1. The number of unbranched alkanes of at least 4 members (excludes halogenated alkanes) is 1. The maximum absolute atomic E-state index is 12.8. The monoisotopic (exact) mass is 619 g/mol. The topological polar surface area (TPSA) is 104 Å². The maximum atomic E-state index is 12.8. The number of nitrogens with two attached hydrogens (primary N) is 1. The maximum Gasteiger partial charge on any atom is 0.220 e. The number of carbonyl (C=O) groups is 1. The molecular weight excluding hydrogens is 574 g/mol. The molecule has 1 atom stereocenters. The van der Waals surface area contributed by atoms with Crippen molar-refractivity contribution in [3.63, 3.8) is 0 Å². The smallest absolute Gasteiger partial charge is 0.220 e. The molecule has 4 rings (SSSR count). The van der Waals surface area contributed by atoms with Crippen molar-refractivity contribution < 1.29 is 14.3 Å². The largest absolute Gasteiger partial charge is 0.493 e. The van der Waals surface area contributed by atoms with Crippen LogP contribution in [0.25, 0.3) is 11.1 Å². The Morgan fingerprint density at radius 1 is 0.886 bits per heavy atom. The van der Waals surface area contributed by atoms with E-state index in [2.05, 4.69) is 35.5 Å². The molecule has 9 heteroatoms. The van der Waals surface area contributed by atoms with Gasteiger partial charge in [-0.2, -0.15) is 0 Å². The molecule has 0 radical (unpaired) electrons. The molecule has 3 N–H and O–H groups in total. The molecule has 0 aliphatic rings. The number of aromatic nitrogens is 3. The van der Waals surface area contributed by atoms with Gasteiger partial charge >= 0.3 is 0 Å². The number of benzene rings is 3. The van der Waals surface area contributed by atoms with E-state index >= 15 is 0 Å². The fraction of sp³-hybridized carbons (Fsp3) is 0.400. The summed E-state index contributed by atoms with van der Waals surface area (Å²) in [7, 11) is 0. The van der Waals surface area contributed by atoms with E-state index < -0.39 is 0 Å². The van der Waals surface area contributed by atoms with Crippen LogP contribution in [0.15, 0.2) is 85.1 Å². The van der Waals surface area contributed by atoms with E-state index in [1.54, 1.807) is 4.68 Å². The summed E-state index contributed by atoms with van der Waals surface area (Å²) < 4.78 is 14.2. The Morgan fingerprint density at radius 3 is 2.23 bits per heavy atom. The van der Waals surface area contributed by atoms with Crippen molar-refractivity contribution in [3.8, 4) is 22.6 Å². The molecule has 0 spiro atoms. The molecule has 0 saturated heterocycles. The molecule has 0 unspecified atom stereocenters. The summed E-state index contributed by atoms with van der Waals surface area (Å²) in [5, 5.41) is 11.9. The molecule has 0 aliphatic carbocycles. The molecule has 236 valence electrons. The summed E-state index contributed by atoms with van der Waals surface area (Å²) in [5.74, 6) is 2.21. The highest BCUT2D eigenvalue weighted by Gasteiger charge is 2.16. The summed E-state index contributed by atoms with van der Waals surface area (Å²) in [6.45, 7) is 6.50. The van der Waals surface area contributed by atoms with E-state index in [1.165, 1.54) is 0 Å². The van der Waals surface area contributed by atoms with Crippen LogP contribution in [0.3, 0.4) is 0 Å². The van der Waals surface area contributed by atoms with Gasteiger partial charge in [0.2, 0.25) is 5.91 Å². The number of rotatable bonds is 18. The van der Waals surface area contributed by atoms with Crippen molar-refractivity contribution in [1.82, 2.24) is 20.3 Å². The van der Waals surface area contributed by atoms with Gasteiger partial charge in [0.05, 0.1) is 19.3 Å². The normalized spacial score (nSPS) is 11.5. The molecule has 8 nitrogen and oxygen atoms in total. The number of halogens is 1. The van der Waals surface area contributed by atoms with Crippen LogP contribution in [-0.2, 0) is 24.4 Å². The quantitative estimate of drug-likeness (QED) is 0.121. The highest BCUT2D eigenvalue weighted by atomic mass is 35.5. The molecule has 4 aromatic rings. The number of para-hydroxylation sites is 2. The fourth-order valence-electron chi connectivity index (χ4n) is 4.85. The van der Waals surface area contributed by atoms with E-state index in [-0.39, 0.29) is 31.0 Å². The molecule has 0 aliphatic heterocycles. The lowest BCUT2D eigenvalue weighted by Crippen LogP contribution is -2.38. The summed E-state index contributed by atoms with van der Waals surface area (Å²) in [5.41, 5.74) is 9.55. The van der Waals surface area contributed by atoms with Crippen molar-refractivity contribution in [1.29, 1.82) is 0 Å². The minimum atomic E-state index is -0.0572. The molecule has 44 heavy (non-hydrogen) atoms. The second-order valence-electron chi connectivity index (χ2n) is 11.3. The SMILES string of the molecule is CC(C)CCOc1ccccc1-c1ccccc1OCc1cn(C[C@@H](CCCCN)NC(=O)CCc2ccccc2)nn1.Cl. The first-order chi connectivity index (χ1) is 21.0. The van der Waals surface area contributed by atoms with Gasteiger partial charge in [-0.3, -0.25) is 9.48 Å². The number of hydrogen-bond donors (Lipinski definition) is 2. The van der Waals surface area contributed by atoms with E-state index in [9.17, 15) is 4.79 Å². The lowest BCUT2D eigenvalue weighted by atomic mass is 10.0. The Balaban J connectivity index is 0.00000529. The van der Waals surface area contributed by atoms with Crippen molar-refractivity contribution in [2.24, 2.45) is 11.7 Å². The number of nitrogens with one attached hydrogen (secondary N) is 1. The van der Waals surface area contributed by atoms with Crippen molar-refractivity contribution in [2.75, 3.05) is 13.2 Å². The molecule has 1 amide bonds. The zero-order valence-corrected chi connectivity index (χ0v) is 26.7. The van der Waals surface area contributed by atoms with E-state index in [0.717, 1.165) is 53.9 Å². The predicted octanol–water partition coefficient (Wildman–Crippen LogP) is 6.62. The fourth-order valence-corrected chi connectivity index (χ4v) is 4.85. The van der Waals surface area contributed by atoms with E-state index in [0.29, 0.717) is 44.1 Å². The van der Waals surface area contributed by atoms with Gasteiger partial charge in [-0.25, -0.2) is 0 Å². The second kappa shape index (κ2) is 18.7. The zero-order valence-electron chi connectivity index (χ0n) is 25.9. The van der Waals surface area contributed by atoms with Gasteiger partial charge in [0.25, 0.3) is 0 Å². The Hall–Kier alpha value is -3.88. The lowest BCUT2D eigenvalue weighted by molar-refractivity contribution is -0.121. The Morgan fingerprint density at radius 2 is 1.55 bits per heavy atom. The first-order valence-electron chi connectivity index (χ1n) is 15.4. The van der Waals surface area contributed by atoms with Crippen LogP contribution in [-0.4, -0.2) is 40.1 Å². The molecule has 3 aromatic carbocycles. The van der Waals surface area contributed by atoms with Crippen LogP contribution >= 0.6 is 12.4 Å². The van der Waals surface area contributed by atoms with Gasteiger partial charge in [-0.15, -0.1) is 17.5 Å². The third-order valence-electron chi connectivity index (χ3n) is 7.24. The number of ether oxygens (including phenoxy) is 2. The molecular formula is C35H46ClN5O3. The van der Waals surface area contributed by atoms with Gasteiger partial charge in [-0.05, 0) is 55.8 Å². The summed E-state index contributed by atoms with van der Waals surface area (Å²) >= 11 is 0. The predicted molar refractivity (Wildman–Crippen MR) is 178 cm³/mol. The Labute approximate surface area is 267 Å². The first-order valence-corrected chi connectivity index (χ1v) is 15.4. The van der Waals surface area contributed by atoms with Crippen molar-refractivity contribution in [3.05, 3.63) is 96.3 Å². The third kappa shape index (κ3) is 11.3. The molecule has 0 fully saturated rings. The minimum Gasteiger partial charge on any atom is -0.493 e. The Bertz CT molecular complexity index is 1400. The minimum absolute atomic E-state index is 0. The molecule has 0 saturated carbocycles. The third-order valence-corrected chi connectivity index (χ3v) is 7.24. The molecule has 0 bridgehead atoms. The van der Waals surface area contributed by atoms with Crippen LogP contribution in [0.1, 0.15) is 57.2 Å². The van der Waals surface area contributed by atoms with Gasteiger partial charge in [0.1, 0.15) is 23.8 Å². The second-order valence-corrected chi connectivity index (χ2v) is 11.3. The number of nitrogens with zero attached hydrogens (tertiary/aromatic N) is 3. The molecule has 1 heterocycles. The zero-order chi connectivity index (χ0) is 30.3. The number of aryl methyl sites for hydroxylation is 1. The average Bonchev–Trinajstić information content (AvgIpc) is 3.47. The van der Waals surface area contributed by atoms with Crippen LogP contribution in [0, 0.1) is 5.92 Å². The van der Waals surface area contributed by atoms with E-state index in [1.807, 2.05) is 79.0 Å². The highest BCUT2D eigenvalue weighted by molar-refractivity contribution is 5.85. The Kier molecular flexibility index (Phi) is 14.7. The summed E-state index contributed by atoms with van der Waals surface area (Å²) in [6.07, 6.45) is 6.71. The van der Waals surface area contributed by atoms with Crippen molar-refractivity contribution >= 4 is 18.3 Å². The van der Waals surface area contributed by atoms with Crippen molar-refractivity contribution in [2.45, 2.75) is 71.6 Å². The van der Waals surface area contributed by atoms with Gasteiger partial charge in [-0.1, -0.05) is 92.2 Å². The summed E-state index contributed by atoms with van der Waals surface area (Å²) in [4.78, 5) is 12.8. The van der Waals surface area contributed by atoms with Gasteiger partial charge in [0.15, 0.2) is 0 Å². The van der Waals surface area contributed by atoms with Crippen LogP contribution in [0.4, 0.5) is 0 Å². The summed E-state index contributed by atoms with van der Waals surface area (Å²) in [6, 6.07) is 26.0. The van der Waals surface area contributed by atoms with Crippen LogP contribution in [0.5, 0.6) is 11.5 Å². The average molecular weight is 620 g/mol. The standard InChI is InChI=1S/C35H45N5O3.ClH/c1-27(2)21-23-42-33-17-8-6-15-31(33)32-16-7-9-18-34(32)43-26-30-25-40(39-38-30)24-29(14-10-11-22-36)37-35(41)20-19-28-12-4-3-5-13-28;/h3-9,12-13,15-18,25,27,29H,10-11,14,19-24,26,36H2,1-2H3,(H,37,41);1H/t29-;/m1./s1. The highest BCUT2D eigenvalue weighted by Crippen LogP contribution is 2.36.